The highest BCUT2D eigenvalue weighted by atomic mass is 16.2. The number of amides is 2. The molecule has 76 valence electrons. The molecule has 3 N–H and O–H groups in total. The van der Waals surface area contributed by atoms with Crippen LogP contribution in [0.1, 0.15) is 34.6 Å². The third-order valence-corrected chi connectivity index (χ3v) is 2.71. The Morgan fingerprint density at radius 3 is 2.23 bits per heavy atom. The van der Waals surface area contributed by atoms with E-state index in [9.17, 15) is 4.79 Å². The molecule has 0 heterocycles. The van der Waals surface area contributed by atoms with Crippen LogP contribution in [0.3, 0.4) is 0 Å². The first-order valence-corrected chi connectivity index (χ1v) is 4.38. The van der Waals surface area contributed by atoms with Gasteiger partial charge in [0.1, 0.15) is 0 Å². The van der Waals surface area contributed by atoms with E-state index >= 15 is 0 Å². The second-order valence-corrected chi connectivity index (χ2v) is 4.05. The van der Waals surface area contributed by atoms with Crippen molar-refractivity contribution in [2.45, 2.75) is 34.6 Å². The number of hydrogen-bond acceptors (Lipinski definition) is 2. The Morgan fingerprint density at radius 1 is 1.46 bits per heavy atom. The SMILES string of the molecule is C/C(=N\NC(N)=O)C(C)(C)C(C)C. The number of nitrogens with zero attached hydrogens (tertiary/aromatic N) is 1. The fourth-order valence-corrected chi connectivity index (χ4v) is 0.701. The van der Waals surface area contributed by atoms with Gasteiger partial charge in [-0.2, -0.15) is 5.10 Å². The largest absolute Gasteiger partial charge is 0.350 e. The van der Waals surface area contributed by atoms with Crippen molar-refractivity contribution in [3.05, 3.63) is 0 Å². The Bertz CT molecular complexity index is 219. The predicted octanol–water partition coefficient (Wildman–Crippen LogP) is 1.71. The molecule has 0 saturated heterocycles. The van der Waals surface area contributed by atoms with Crippen LogP contribution in [0.15, 0.2) is 5.10 Å². The van der Waals surface area contributed by atoms with Crippen LogP contribution in [-0.4, -0.2) is 11.7 Å². The van der Waals surface area contributed by atoms with Crippen LogP contribution < -0.4 is 11.2 Å². The zero-order valence-electron chi connectivity index (χ0n) is 9.01. The lowest BCUT2D eigenvalue weighted by atomic mass is 9.77. The monoisotopic (exact) mass is 185 g/mol. The molecule has 0 aromatic carbocycles. The summed E-state index contributed by atoms with van der Waals surface area (Å²) in [5.41, 5.74) is 7.99. The summed E-state index contributed by atoms with van der Waals surface area (Å²) in [7, 11) is 0. The van der Waals surface area contributed by atoms with Crippen molar-refractivity contribution in [1.82, 2.24) is 5.43 Å². The molecule has 2 amide bonds. The molecule has 0 aliphatic heterocycles. The molecule has 0 unspecified atom stereocenters. The summed E-state index contributed by atoms with van der Waals surface area (Å²) in [5, 5.41) is 3.91. The molecular weight excluding hydrogens is 166 g/mol. The molecule has 0 rings (SSSR count). The normalized spacial score (nSPS) is 13.2. The fraction of sp³-hybridized carbons (Fsp3) is 0.778. The fourth-order valence-electron chi connectivity index (χ4n) is 0.701. The number of hydrazone groups is 1. The lowest BCUT2D eigenvalue weighted by molar-refractivity contribution is 0.249. The Balaban J connectivity index is 4.48. The van der Waals surface area contributed by atoms with E-state index in [2.05, 4.69) is 38.2 Å². The topological polar surface area (TPSA) is 67.5 Å². The van der Waals surface area contributed by atoms with Crippen LogP contribution in [0.4, 0.5) is 4.79 Å². The van der Waals surface area contributed by atoms with E-state index in [1.165, 1.54) is 0 Å². The second-order valence-electron chi connectivity index (χ2n) is 4.05. The zero-order valence-corrected chi connectivity index (χ0v) is 9.01. The van der Waals surface area contributed by atoms with Crippen LogP contribution in [-0.2, 0) is 0 Å². The quantitative estimate of drug-likeness (QED) is 0.510. The number of rotatable bonds is 3. The van der Waals surface area contributed by atoms with E-state index in [4.69, 9.17) is 5.73 Å². The summed E-state index contributed by atoms with van der Waals surface area (Å²) in [5.74, 6) is 0.464. The number of carbonyl (C=O) groups is 1. The smallest absolute Gasteiger partial charge is 0.332 e. The number of hydrogen-bond donors (Lipinski definition) is 2. The molecule has 0 bridgehead atoms. The lowest BCUT2D eigenvalue weighted by Crippen LogP contribution is -2.32. The minimum atomic E-state index is -0.626. The first kappa shape index (κ1) is 11.9. The van der Waals surface area contributed by atoms with Crippen LogP contribution in [0, 0.1) is 11.3 Å². The molecule has 4 heteroatoms. The maximum absolute atomic E-state index is 10.4. The summed E-state index contributed by atoms with van der Waals surface area (Å²) in [6.45, 7) is 10.3. The summed E-state index contributed by atoms with van der Waals surface area (Å²) < 4.78 is 0. The van der Waals surface area contributed by atoms with Gasteiger partial charge in [-0.15, -0.1) is 0 Å². The van der Waals surface area contributed by atoms with Gasteiger partial charge in [-0.05, 0) is 12.8 Å². The van der Waals surface area contributed by atoms with Gasteiger partial charge in [0.05, 0.1) is 0 Å². The molecule has 0 aromatic rings. The van der Waals surface area contributed by atoms with Crippen LogP contribution in [0.5, 0.6) is 0 Å². The molecule has 4 nitrogen and oxygen atoms in total. The van der Waals surface area contributed by atoms with Gasteiger partial charge in [0, 0.05) is 11.1 Å². The van der Waals surface area contributed by atoms with E-state index in [0.717, 1.165) is 5.71 Å². The number of nitrogens with one attached hydrogen (secondary N) is 1. The van der Waals surface area contributed by atoms with E-state index < -0.39 is 6.03 Å². The van der Waals surface area contributed by atoms with Gasteiger partial charge in [0.15, 0.2) is 0 Å². The van der Waals surface area contributed by atoms with Crippen molar-refractivity contribution in [2.75, 3.05) is 0 Å². The molecule has 0 aliphatic rings. The van der Waals surface area contributed by atoms with Gasteiger partial charge in [-0.1, -0.05) is 27.7 Å². The van der Waals surface area contributed by atoms with Gasteiger partial charge in [-0.25, -0.2) is 10.2 Å². The third-order valence-electron chi connectivity index (χ3n) is 2.71. The van der Waals surface area contributed by atoms with Crippen molar-refractivity contribution in [3.8, 4) is 0 Å². The summed E-state index contributed by atoms with van der Waals surface area (Å²) in [4.78, 5) is 10.4. The van der Waals surface area contributed by atoms with Crippen molar-refractivity contribution in [1.29, 1.82) is 0 Å². The summed E-state index contributed by atoms with van der Waals surface area (Å²) in [6.07, 6.45) is 0. The summed E-state index contributed by atoms with van der Waals surface area (Å²) in [6, 6.07) is -0.626. The van der Waals surface area contributed by atoms with E-state index in [-0.39, 0.29) is 5.41 Å². The van der Waals surface area contributed by atoms with E-state index in [1.54, 1.807) is 0 Å². The van der Waals surface area contributed by atoms with Gasteiger partial charge in [0.25, 0.3) is 0 Å². The van der Waals surface area contributed by atoms with Gasteiger partial charge < -0.3 is 5.73 Å². The zero-order chi connectivity index (χ0) is 10.6. The molecule has 0 atom stereocenters. The summed E-state index contributed by atoms with van der Waals surface area (Å²) >= 11 is 0. The van der Waals surface area contributed by atoms with Gasteiger partial charge in [0.2, 0.25) is 0 Å². The van der Waals surface area contributed by atoms with Crippen molar-refractivity contribution in [3.63, 3.8) is 0 Å². The lowest BCUT2D eigenvalue weighted by Gasteiger charge is -2.28. The standard InChI is InChI=1S/C9H19N3O/c1-6(2)9(4,5)7(3)11-12-8(10)13/h6H,1-5H3,(H3,10,12,13)/b11-7+. The maximum Gasteiger partial charge on any atom is 0.332 e. The van der Waals surface area contributed by atoms with Crippen LogP contribution >= 0.6 is 0 Å². The van der Waals surface area contributed by atoms with Crippen molar-refractivity contribution < 1.29 is 4.79 Å². The first-order valence-electron chi connectivity index (χ1n) is 4.38. The minimum Gasteiger partial charge on any atom is -0.350 e. The molecule has 0 aromatic heterocycles. The van der Waals surface area contributed by atoms with Gasteiger partial charge >= 0.3 is 6.03 Å². The number of urea groups is 1. The molecule has 0 aliphatic carbocycles. The Morgan fingerprint density at radius 2 is 1.92 bits per heavy atom. The second kappa shape index (κ2) is 4.25. The van der Waals surface area contributed by atoms with Crippen LogP contribution in [0.2, 0.25) is 0 Å². The number of primary amides is 1. The van der Waals surface area contributed by atoms with Crippen LogP contribution in [0.25, 0.3) is 0 Å². The minimum absolute atomic E-state index is 0.0253. The van der Waals surface area contributed by atoms with Crippen molar-refractivity contribution in [2.24, 2.45) is 22.2 Å². The van der Waals surface area contributed by atoms with E-state index in [0.29, 0.717) is 5.92 Å². The van der Waals surface area contributed by atoms with Crippen molar-refractivity contribution >= 4 is 11.7 Å². The average molecular weight is 185 g/mol. The molecule has 0 radical (unpaired) electrons. The molecule has 0 fully saturated rings. The predicted molar refractivity (Wildman–Crippen MR) is 54.4 cm³/mol. The Hall–Kier alpha value is -1.06. The molecule has 13 heavy (non-hydrogen) atoms. The molecule has 0 saturated carbocycles. The maximum atomic E-state index is 10.4. The molecule has 0 spiro atoms. The highest BCUT2D eigenvalue weighted by Gasteiger charge is 2.25. The Kier molecular flexibility index (Phi) is 3.91. The first-order chi connectivity index (χ1) is 5.78. The average Bonchev–Trinajstić information content (AvgIpc) is 1.99. The van der Waals surface area contributed by atoms with Gasteiger partial charge in [-0.3, -0.25) is 0 Å². The highest BCUT2D eigenvalue weighted by Crippen LogP contribution is 2.27. The third kappa shape index (κ3) is 3.44. The number of nitrogens with two attached hydrogens (primary N) is 1. The Labute approximate surface area is 79.6 Å². The molecular formula is C9H19N3O. The van der Waals surface area contributed by atoms with E-state index in [1.807, 2.05) is 6.92 Å². The highest BCUT2D eigenvalue weighted by molar-refractivity contribution is 5.88. The number of carbonyl (C=O) groups excluding carboxylic acids is 1.